The Labute approximate surface area is 185 Å². The third-order valence-electron chi connectivity index (χ3n) is 6.39. The zero-order valence-electron chi connectivity index (χ0n) is 18.7. The number of carbonyl (C=O) groups is 2. The standard InChI is InChI=1S/C24H35N3O4/c1-17-13-26(14-18(2)31-17)15-19-8-10-27(11-9-19)23(28)16-30-22-5-3-4-21(12-22)25-24(29)20-6-7-20/h3-5,12,17-20H,6-11,13-16H2,1-2H3,(H,25,29). The van der Waals surface area contributed by atoms with E-state index in [4.69, 9.17) is 9.47 Å². The summed E-state index contributed by atoms with van der Waals surface area (Å²) < 4.78 is 11.6. The van der Waals surface area contributed by atoms with Gasteiger partial charge in [-0.1, -0.05) is 6.07 Å². The molecule has 3 aliphatic rings. The molecule has 1 N–H and O–H groups in total. The van der Waals surface area contributed by atoms with Crippen LogP contribution in [0.3, 0.4) is 0 Å². The van der Waals surface area contributed by atoms with E-state index in [1.54, 1.807) is 6.07 Å². The Hall–Kier alpha value is -2.12. The van der Waals surface area contributed by atoms with E-state index in [0.717, 1.165) is 64.1 Å². The van der Waals surface area contributed by atoms with Crippen molar-refractivity contribution in [2.75, 3.05) is 44.6 Å². The molecule has 2 atom stereocenters. The molecule has 0 bridgehead atoms. The summed E-state index contributed by atoms with van der Waals surface area (Å²) in [6.45, 7) is 8.98. The molecule has 2 aliphatic heterocycles. The summed E-state index contributed by atoms with van der Waals surface area (Å²) in [6.07, 6.45) is 4.60. The van der Waals surface area contributed by atoms with Gasteiger partial charge in [-0.25, -0.2) is 0 Å². The van der Waals surface area contributed by atoms with Gasteiger partial charge in [-0.3, -0.25) is 14.5 Å². The number of anilines is 1. The number of likely N-dealkylation sites (tertiary alicyclic amines) is 1. The maximum atomic E-state index is 12.6. The lowest BCUT2D eigenvalue weighted by Gasteiger charge is -2.39. The van der Waals surface area contributed by atoms with Crippen molar-refractivity contribution in [3.8, 4) is 5.75 Å². The Morgan fingerprint density at radius 3 is 2.48 bits per heavy atom. The molecule has 2 saturated heterocycles. The highest BCUT2D eigenvalue weighted by Gasteiger charge is 2.30. The first-order valence-electron chi connectivity index (χ1n) is 11.7. The zero-order chi connectivity index (χ0) is 21.8. The average Bonchev–Trinajstić information content (AvgIpc) is 3.58. The van der Waals surface area contributed by atoms with E-state index in [-0.39, 0.29) is 24.3 Å². The van der Waals surface area contributed by atoms with Gasteiger partial charge < -0.3 is 19.7 Å². The third kappa shape index (κ3) is 6.43. The number of piperidine rings is 1. The van der Waals surface area contributed by atoms with Crippen LogP contribution in [0.25, 0.3) is 0 Å². The lowest BCUT2D eigenvalue weighted by molar-refractivity contribution is -0.135. The fourth-order valence-electron chi connectivity index (χ4n) is 4.65. The molecular weight excluding hydrogens is 394 g/mol. The summed E-state index contributed by atoms with van der Waals surface area (Å²) in [4.78, 5) is 29.0. The van der Waals surface area contributed by atoms with Crippen molar-refractivity contribution in [1.29, 1.82) is 0 Å². The predicted octanol–water partition coefficient (Wildman–Crippen LogP) is 2.76. The normalized spacial score (nSPS) is 25.3. The summed E-state index contributed by atoms with van der Waals surface area (Å²) in [5.74, 6) is 1.49. The van der Waals surface area contributed by atoms with E-state index in [0.29, 0.717) is 23.9 Å². The van der Waals surface area contributed by atoms with E-state index < -0.39 is 0 Å². The van der Waals surface area contributed by atoms with E-state index in [9.17, 15) is 9.59 Å². The second-order valence-electron chi connectivity index (χ2n) is 9.38. The molecule has 0 radical (unpaired) electrons. The molecule has 1 saturated carbocycles. The minimum atomic E-state index is 0.0273. The fourth-order valence-corrected chi connectivity index (χ4v) is 4.65. The van der Waals surface area contributed by atoms with Gasteiger partial charge in [0.15, 0.2) is 6.61 Å². The van der Waals surface area contributed by atoms with Crippen LogP contribution in [0.15, 0.2) is 24.3 Å². The van der Waals surface area contributed by atoms with Crippen LogP contribution in [0.2, 0.25) is 0 Å². The highest BCUT2D eigenvalue weighted by atomic mass is 16.5. The van der Waals surface area contributed by atoms with E-state index in [1.165, 1.54) is 0 Å². The van der Waals surface area contributed by atoms with Crippen LogP contribution in [0.1, 0.15) is 39.5 Å². The highest BCUT2D eigenvalue weighted by Crippen LogP contribution is 2.30. The van der Waals surface area contributed by atoms with Gasteiger partial charge in [-0.15, -0.1) is 0 Å². The Balaban J connectivity index is 1.18. The number of nitrogens with one attached hydrogen (secondary N) is 1. The van der Waals surface area contributed by atoms with Crippen LogP contribution in [0.4, 0.5) is 5.69 Å². The number of rotatable bonds is 7. The van der Waals surface area contributed by atoms with Crippen molar-refractivity contribution in [3.05, 3.63) is 24.3 Å². The van der Waals surface area contributed by atoms with Crippen LogP contribution in [0.5, 0.6) is 5.75 Å². The molecule has 0 spiro atoms. The van der Waals surface area contributed by atoms with Crippen molar-refractivity contribution in [2.45, 2.75) is 51.7 Å². The van der Waals surface area contributed by atoms with Crippen LogP contribution in [0, 0.1) is 11.8 Å². The Kier molecular flexibility index (Phi) is 7.13. The van der Waals surface area contributed by atoms with Gasteiger partial charge >= 0.3 is 0 Å². The maximum absolute atomic E-state index is 12.6. The number of hydrogen-bond acceptors (Lipinski definition) is 5. The minimum absolute atomic E-state index is 0.0273. The summed E-state index contributed by atoms with van der Waals surface area (Å²) >= 11 is 0. The van der Waals surface area contributed by atoms with Crippen LogP contribution in [-0.4, -0.2) is 73.2 Å². The first kappa shape index (κ1) is 22.1. The molecule has 4 rings (SSSR count). The van der Waals surface area contributed by atoms with Gasteiger partial charge in [0, 0.05) is 50.4 Å². The van der Waals surface area contributed by atoms with E-state index >= 15 is 0 Å². The second kappa shape index (κ2) is 10.0. The largest absolute Gasteiger partial charge is 0.484 e. The van der Waals surface area contributed by atoms with Gasteiger partial charge in [-0.05, 0) is 57.6 Å². The summed E-state index contributed by atoms with van der Waals surface area (Å²) in [6, 6.07) is 7.28. The second-order valence-corrected chi connectivity index (χ2v) is 9.38. The number of ether oxygens (including phenoxy) is 2. The molecule has 2 heterocycles. The molecule has 31 heavy (non-hydrogen) atoms. The van der Waals surface area contributed by atoms with Crippen molar-refractivity contribution in [3.63, 3.8) is 0 Å². The number of benzene rings is 1. The topological polar surface area (TPSA) is 71.1 Å². The lowest BCUT2D eigenvalue weighted by atomic mass is 9.95. The molecular formula is C24H35N3O4. The smallest absolute Gasteiger partial charge is 0.260 e. The van der Waals surface area contributed by atoms with Gasteiger partial charge in [0.1, 0.15) is 5.75 Å². The SMILES string of the molecule is CC1CN(CC2CCN(C(=O)COc3cccc(NC(=O)C4CC4)c3)CC2)CC(C)O1. The van der Waals surface area contributed by atoms with Crippen LogP contribution >= 0.6 is 0 Å². The van der Waals surface area contributed by atoms with Crippen LogP contribution < -0.4 is 10.1 Å². The third-order valence-corrected chi connectivity index (χ3v) is 6.39. The molecule has 0 aromatic heterocycles. The predicted molar refractivity (Wildman–Crippen MR) is 119 cm³/mol. The van der Waals surface area contributed by atoms with Crippen molar-refractivity contribution < 1.29 is 19.1 Å². The maximum Gasteiger partial charge on any atom is 0.260 e. The molecule has 170 valence electrons. The Morgan fingerprint density at radius 1 is 1.10 bits per heavy atom. The van der Waals surface area contributed by atoms with Crippen molar-refractivity contribution >= 4 is 17.5 Å². The van der Waals surface area contributed by atoms with Crippen molar-refractivity contribution in [1.82, 2.24) is 9.80 Å². The molecule has 2 unspecified atom stereocenters. The van der Waals surface area contributed by atoms with Crippen LogP contribution in [-0.2, 0) is 14.3 Å². The number of morpholine rings is 1. The molecule has 7 nitrogen and oxygen atoms in total. The molecule has 1 aromatic rings. The van der Waals surface area contributed by atoms with Gasteiger partial charge in [0.05, 0.1) is 12.2 Å². The van der Waals surface area contributed by atoms with Gasteiger partial charge in [0.2, 0.25) is 5.91 Å². The molecule has 2 amide bonds. The average molecular weight is 430 g/mol. The summed E-state index contributed by atoms with van der Waals surface area (Å²) in [5, 5.41) is 2.91. The minimum Gasteiger partial charge on any atom is -0.484 e. The number of amides is 2. The molecule has 3 fully saturated rings. The first-order valence-corrected chi connectivity index (χ1v) is 11.7. The van der Waals surface area contributed by atoms with Gasteiger partial charge in [-0.2, -0.15) is 0 Å². The van der Waals surface area contributed by atoms with E-state index in [1.807, 2.05) is 23.1 Å². The quantitative estimate of drug-likeness (QED) is 0.722. The fraction of sp³-hybridized carbons (Fsp3) is 0.667. The Bertz CT molecular complexity index is 764. The monoisotopic (exact) mass is 429 g/mol. The number of carbonyl (C=O) groups excluding carboxylic acids is 2. The zero-order valence-corrected chi connectivity index (χ0v) is 18.7. The lowest BCUT2D eigenvalue weighted by Crippen LogP contribution is -2.49. The number of hydrogen-bond donors (Lipinski definition) is 1. The van der Waals surface area contributed by atoms with E-state index in [2.05, 4.69) is 24.1 Å². The summed E-state index contributed by atoms with van der Waals surface area (Å²) in [5.41, 5.74) is 0.717. The van der Waals surface area contributed by atoms with Gasteiger partial charge in [0.25, 0.3) is 5.91 Å². The first-order chi connectivity index (χ1) is 15.0. The van der Waals surface area contributed by atoms with Crippen molar-refractivity contribution in [2.24, 2.45) is 11.8 Å². The molecule has 1 aromatic carbocycles. The highest BCUT2D eigenvalue weighted by molar-refractivity contribution is 5.94. The molecule has 1 aliphatic carbocycles. The summed E-state index contributed by atoms with van der Waals surface area (Å²) in [7, 11) is 0. The Morgan fingerprint density at radius 2 is 1.81 bits per heavy atom. The molecule has 7 heteroatoms. The number of nitrogens with zero attached hydrogens (tertiary/aromatic N) is 2.